The largest absolute Gasteiger partial charge is 0.313 e. The molecule has 3 heteroatoms. The highest BCUT2D eigenvalue weighted by Crippen LogP contribution is 2.18. The third kappa shape index (κ3) is 4.41. The SMILES string of the molecule is C#CCCCNCc1ccc(C(F)F)cc1. The van der Waals surface area contributed by atoms with Gasteiger partial charge in [0.25, 0.3) is 6.43 Å². The Kier molecular flexibility index (Phi) is 5.52. The van der Waals surface area contributed by atoms with Crippen LogP contribution in [0.5, 0.6) is 0 Å². The molecule has 0 aromatic heterocycles. The Hall–Kier alpha value is -1.40. The van der Waals surface area contributed by atoms with Crippen LogP contribution in [0.2, 0.25) is 0 Å². The number of nitrogens with one attached hydrogen (secondary N) is 1. The van der Waals surface area contributed by atoms with E-state index in [2.05, 4.69) is 11.2 Å². The minimum absolute atomic E-state index is 0.0658. The maximum atomic E-state index is 12.3. The number of benzene rings is 1. The lowest BCUT2D eigenvalue weighted by Crippen LogP contribution is -2.14. The molecule has 86 valence electrons. The number of rotatable bonds is 6. The molecule has 1 nitrogen and oxygen atoms in total. The summed E-state index contributed by atoms with van der Waals surface area (Å²) < 4.78 is 24.5. The lowest BCUT2D eigenvalue weighted by atomic mass is 10.1. The van der Waals surface area contributed by atoms with Gasteiger partial charge in [-0.05, 0) is 18.5 Å². The van der Waals surface area contributed by atoms with Crippen molar-refractivity contribution in [3.8, 4) is 12.3 Å². The molecule has 1 aromatic rings. The molecular weight excluding hydrogens is 208 g/mol. The van der Waals surface area contributed by atoms with Gasteiger partial charge < -0.3 is 5.32 Å². The van der Waals surface area contributed by atoms with Gasteiger partial charge >= 0.3 is 0 Å². The molecule has 0 spiro atoms. The van der Waals surface area contributed by atoms with Crippen LogP contribution >= 0.6 is 0 Å². The van der Waals surface area contributed by atoms with Crippen LogP contribution in [0.25, 0.3) is 0 Å². The first-order chi connectivity index (χ1) is 7.74. The van der Waals surface area contributed by atoms with Gasteiger partial charge in [-0.25, -0.2) is 8.78 Å². The van der Waals surface area contributed by atoms with Crippen LogP contribution in [0.15, 0.2) is 24.3 Å². The van der Waals surface area contributed by atoms with Crippen molar-refractivity contribution < 1.29 is 8.78 Å². The Labute approximate surface area is 94.9 Å². The lowest BCUT2D eigenvalue weighted by molar-refractivity contribution is 0.151. The first-order valence-corrected chi connectivity index (χ1v) is 5.25. The second-order valence-electron chi connectivity index (χ2n) is 3.53. The van der Waals surface area contributed by atoms with E-state index >= 15 is 0 Å². The van der Waals surface area contributed by atoms with Crippen LogP contribution in [-0.4, -0.2) is 6.54 Å². The van der Waals surface area contributed by atoms with Gasteiger partial charge in [0.2, 0.25) is 0 Å². The molecule has 0 unspecified atom stereocenters. The van der Waals surface area contributed by atoms with Crippen molar-refractivity contribution in [1.82, 2.24) is 5.32 Å². The fourth-order valence-corrected chi connectivity index (χ4v) is 1.33. The van der Waals surface area contributed by atoms with Gasteiger partial charge in [0.05, 0.1) is 0 Å². The Morgan fingerprint density at radius 1 is 1.25 bits per heavy atom. The first kappa shape index (κ1) is 12.7. The third-order valence-electron chi connectivity index (χ3n) is 2.24. The van der Waals surface area contributed by atoms with E-state index in [9.17, 15) is 8.78 Å². The number of hydrogen-bond acceptors (Lipinski definition) is 1. The van der Waals surface area contributed by atoms with Gasteiger partial charge in [0.15, 0.2) is 0 Å². The summed E-state index contributed by atoms with van der Waals surface area (Å²) in [6.45, 7) is 1.54. The maximum absolute atomic E-state index is 12.3. The third-order valence-corrected chi connectivity index (χ3v) is 2.24. The Morgan fingerprint density at radius 2 is 1.94 bits per heavy atom. The van der Waals surface area contributed by atoms with E-state index in [4.69, 9.17) is 6.42 Å². The predicted octanol–water partition coefficient (Wildman–Crippen LogP) is 3.13. The number of unbranched alkanes of at least 4 members (excludes halogenated alkanes) is 1. The summed E-state index contributed by atoms with van der Waals surface area (Å²) in [5.41, 5.74) is 1.07. The highest BCUT2D eigenvalue weighted by molar-refractivity contribution is 5.23. The zero-order chi connectivity index (χ0) is 11.8. The normalized spacial score (nSPS) is 10.4. The van der Waals surface area contributed by atoms with E-state index in [1.54, 1.807) is 12.1 Å². The van der Waals surface area contributed by atoms with Crippen molar-refractivity contribution in [2.24, 2.45) is 0 Å². The minimum atomic E-state index is -2.39. The predicted molar refractivity (Wildman–Crippen MR) is 61.2 cm³/mol. The molecule has 1 rings (SSSR count). The van der Waals surface area contributed by atoms with Gasteiger partial charge in [-0.3, -0.25) is 0 Å². The van der Waals surface area contributed by atoms with E-state index in [-0.39, 0.29) is 5.56 Å². The molecule has 0 heterocycles. The molecule has 1 aromatic carbocycles. The molecule has 16 heavy (non-hydrogen) atoms. The van der Waals surface area contributed by atoms with Crippen molar-refractivity contribution in [1.29, 1.82) is 0 Å². The summed E-state index contributed by atoms with van der Waals surface area (Å²) in [6.07, 6.45) is 4.42. The highest BCUT2D eigenvalue weighted by Gasteiger charge is 2.05. The standard InChI is InChI=1S/C13H15F2N/c1-2-3-4-9-16-10-11-5-7-12(8-6-11)13(14)15/h1,5-8,13,16H,3-4,9-10H2. The van der Waals surface area contributed by atoms with Crippen LogP contribution < -0.4 is 5.32 Å². The molecule has 0 aliphatic carbocycles. The quantitative estimate of drug-likeness (QED) is 0.577. The van der Waals surface area contributed by atoms with Crippen LogP contribution in [-0.2, 0) is 6.54 Å². The fraction of sp³-hybridized carbons (Fsp3) is 0.385. The van der Waals surface area contributed by atoms with E-state index in [1.807, 2.05) is 0 Å². The number of hydrogen-bond donors (Lipinski definition) is 1. The van der Waals surface area contributed by atoms with Crippen molar-refractivity contribution in [3.05, 3.63) is 35.4 Å². The lowest BCUT2D eigenvalue weighted by Gasteiger charge is -2.05. The summed E-state index contributed by atoms with van der Waals surface area (Å²) >= 11 is 0. The van der Waals surface area contributed by atoms with Gasteiger partial charge in [0.1, 0.15) is 0 Å². The summed E-state index contributed by atoms with van der Waals surface area (Å²) in [7, 11) is 0. The van der Waals surface area contributed by atoms with Crippen molar-refractivity contribution in [3.63, 3.8) is 0 Å². The number of terminal acetylenes is 1. The van der Waals surface area contributed by atoms with E-state index < -0.39 is 6.43 Å². The Morgan fingerprint density at radius 3 is 2.50 bits per heavy atom. The second kappa shape index (κ2) is 6.97. The highest BCUT2D eigenvalue weighted by atomic mass is 19.3. The smallest absolute Gasteiger partial charge is 0.263 e. The molecular formula is C13H15F2N. The van der Waals surface area contributed by atoms with Crippen molar-refractivity contribution in [2.45, 2.75) is 25.8 Å². The van der Waals surface area contributed by atoms with Gasteiger partial charge in [-0.15, -0.1) is 12.3 Å². The number of alkyl halides is 2. The average molecular weight is 223 g/mol. The second-order valence-corrected chi connectivity index (χ2v) is 3.53. The average Bonchev–Trinajstić information content (AvgIpc) is 2.29. The van der Waals surface area contributed by atoms with E-state index in [1.165, 1.54) is 12.1 Å². The topological polar surface area (TPSA) is 12.0 Å². The molecule has 0 aliphatic heterocycles. The Balaban J connectivity index is 2.30. The summed E-state index contributed by atoms with van der Waals surface area (Å²) in [5, 5.41) is 3.20. The summed E-state index contributed by atoms with van der Waals surface area (Å²) in [6, 6.07) is 6.36. The molecule has 0 saturated carbocycles. The van der Waals surface area contributed by atoms with E-state index in [0.29, 0.717) is 6.54 Å². The van der Waals surface area contributed by atoms with E-state index in [0.717, 1.165) is 24.9 Å². The molecule has 0 aliphatic rings. The minimum Gasteiger partial charge on any atom is -0.313 e. The van der Waals surface area contributed by atoms with Crippen LogP contribution in [0, 0.1) is 12.3 Å². The number of halogens is 2. The molecule has 0 amide bonds. The first-order valence-electron chi connectivity index (χ1n) is 5.25. The fourth-order valence-electron chi connectivity index (χ4n) is 1.33. The zero-order valence-electron chi connectivity index (χ0n) is 9.05. The van der Waals surface area contributed by atoms with Gasteiger partial charge in [-0.2, -0.15) is 0 Å². The summed E-state index contributed by atoms with van der Waals surface area (Å²) in [4.78, 5) is 0. The van der Waals surface area contributed by atoms with Crippen molar-refractivity contribution in [2.75, 3.05) is 6.54 Å². The molecule has 0 fully saturated rings. The zero-order valence-corrected chi connectivity index (χ0v) is 9.05. The molecule has 0 radical (unpaired) electrons. The maximum Gasteiger partial charge on any atom is 0.263 e. The van der Waals surface area contributed by atoms with Gasteiger partial charge in [-0.1, -0.05) is 24.3 Å². The molecule has 0 atom stereocenters. The Bertz CT molecular complexity index is 338. The van der Waals surface area contributed by atoms with Gasteiger partial charge in [0, 0.05) is 18.5 Å². The molecule has 0 bridgehead atoms. The summed E-state index contributed by atoms with van der Waals surface area (Å²) in [5.74, 6) is 2.56. The van der Waals surface area contributed by atoms with Crippen molar-refractivity contribution >= 4 is 0 Å². The monoisotopic (exact) mass is 223 g/mol. The molecule has 1 N–H and O–H groups in total. The van der Waals surface area contributed by atoms with Crippen LogP contribution in [0.4, 0.5) is 8.78 Å². The molecule has 0 saturated heterocycles. The van der Waals surface area contributed by atoms with Crippen LogP contribution in [0.1, 0.15) is 30.4 Å². The van der Waals surface area contributed by atoms with Crippen LogP contribution in [0.3, 0.4) is 0 Å².